The summed E-state index contributed by atoms with van der Waals surface area (Å²) in [6.07, 6.45) is -5.54. The molecule has 2 aromatic carbocycles. The van der Waals surface area contributed by atoms with Crippen LogP contribution in [0.5, 0.6) is 0 Å². The minimum Gasteiger partial charge on any atom is -0.449 e. The lowest BCUT2D eigenvalue weighted by molar-refractivity contribution is -0.176. The van der Waals surface area contributed by atoms with Crippen LogP contribution in [0.2, 0.25) is 10.0 Å². The first-order valence-electron chi connectivity index (χ1n) is 8.26. The first kappa shape index (κ1) is 23.0. The fourth-order valence-electron chi connectivity index (χ4n) is 2.14. The highest BCUT2D eigenvalue weighted by atomic mass is 35.5. The highest BCUT2D eigenvalue weighted by Gasteiger charge is 2.27. The van der Waals surface area contributed by atoms with Gasteiger partial charge in [0.05, 0.1) is 27.9 Å². The summed E-state index contributed by atoms with van der Waals surface area (Å²) >= 11 is 11.9. The van der Waals surface area contributed by atoms with Crippen LogP contribution in [0, 0.1) is 0 Å². The van der Waals surface area contributed by atoms with Gasteiger partial charge in [-0.2, -0.15) is 13.2 Å². The predicted octanol–water partition coefficient (Wildman–Crippen LogP) is 5.26. The maximum absolute atomic E-state index is 12.2. The molecule has 1 N–H and O–H groups in total. The summed E-state index contributed by atoms with van der Waals surface area (Å²) in [6.45, 7) is -0.237. The van der Waals surface area contributed by atoms with E-state index in [1.54, 1.807) is 18.2 Å². The van der Waals surface area contributed by atoms with Gasteiger partial charge in [-0.3, -0.25) is 4.79 Å². The molecule has 156 valence electrons. The fourth-order valence-corrected chi connectivity index (χ4v) is 2.49. The van der Waals surface area contributed by atoms with E-state index in [1.807, 2.05) is 0 Å². The molecule has 2 rings (SSSR count). The minimum atomic E-state index is -4.41. The van der Waals surface area contributed by atoms with Gasteiger partial charge >= 0.3 is 12.1 Å². The minimum absolute atomic E-state index is 0.130. The number of hydrogen-bond acceptors (Lipinski definition) is 4. The lowest BCUT2D eigenvalue weighted by Gasteiger charge is -2.15. The highest BCUT2D eigenvalue weighted by molar-refractivity contribution is 6.44. The summed E-state index contributed by atoms with van der Waals surface area (Å²) < 4.78 is 45.8. The van der Waals surface area contributed by atoms with E-state index in [0.717, 1.165) is 0 Å². The second-order valence-electron chi connectivity index (χ2n) is 5.94. The molecule has 2 aromatic rings. The van der Waals surface area contributed by atoms with Crippen molar-refractivity contribution in [3.8, 4) is 0 Å². The summed E-state index contributed by atoms with van der Waals surface area (Å²) in [5.74, 6) is -1.38. The first-order valence-corrected chi connectivity index (χ1v) is 9.01. The number of carbonyl (C=O) groups excluding carboxylic acids is 2. The number of ether oxygens (including phenoxy) is 2. The molecule has 5 nitrogen and oxygen atoms in total. The van der Waals surface area contributed by atoms with Gasteiger partial charge in [0, 0.05) is 0 Å². The van der Waals surface area contributed by atoms with Crippen molar-refractivity contribution in [3.63, 3.8) is 0 Å². The van der Waals surface area contributed by atoms with Crippen LogP contribution in [0.25, 0.3) is 0 Å². The maximum atomic E-state index is 12.2. The van der Waals surface area contributed by atoms with Crippen LogP contribution >= 0.6 is 23.2 Å². The number of hydrogen-bond donors (Lipinski definition) is 1. The maximum Gasteiger partial charge on any atom is 0.411 e. The van der Waals surface area contributed by atoms with Crippen molar-refractivity contribution >= 4 is 40.8 Å². The summed E-state index contributed by atoms with van der Waals surface area (Å²) in [4.78, 5) is 24.4. The van der Waals surface area contributed by atoms with E-state index in [1.165, 1.54) is 31.2 Å². The molecular weight excluding hydrogens is 434 g/mol. The Bertz CT molecular complexity index is 873. The molecule has 0 aliphatic rings. The van der Waals surface area contributed by atoms with Crippen LogP contribution in [-0.2, 0) is 20.9 Å². The number of alkyl halides is 3. The molecule has 10 heteroatoms. The third-order valence-corrected chi connectivity index (χ3v) is 4.41. The zero-order valence-corrected chi connectivity index (χ0v) is 16.6. The Morgan fingerprint density at radius 3 is 2.38 bits per heavy atom. The molecule has 0 aliphatic heterocycles. The molecule has 0 saturated carbocycles. The summed E-state index contributed by atoms with van der Waals surface area (Å²) in [5, 5.41) is 2.93. The van der Waals surface area contributed by atoms with Crippen molar-refractivity contribution in [3.05, 3.63) is 63.6 Å². The van der Waals surface area contributed by atoms with Gasteiger partial charge in [0.15, 0.2) is 6.10 Å². The topological polar surface area (TPSA) is 64.6 Å². The van der Waals surface area contributed by atoms with E-state index >= 15 is 0 Å². The zero-order valence-electron chi connectivity index (χ0n) is 15.1. The Labute approximate surface area is 174 Å². The van der Waals surface area contributed by atoms with Crippen molar-refractivity contribution in [2.45, 2.75) is 25.8 Å². The summed E-state index contributed by atoms with van der Waals surface area (Å²) in [7, 11) is 0. The number of nitrogens with one attached hydrogen (secondary N) is 1. The molecule has 0 aliphatic carbocycles. The van der Waals surface area contributed by atoms with E-state index in [0.29, 0.717) is 5.56 Å². The SMILES string of the molecule is CC(OC(=O)c1ccc(COCC(F)(F)F)cc1)C(=O)Nc1cccc(Cl)c1Cl. The second kappa shape index (κ2) is 9.96. The average Bonchev–Trinajstić information content (AvgIpc) is 2.64. The van der Waals surface area contributed by atoms with Crippen molar-refractivity contribution in [1.29, 1.82) is 0 Å². The molecule has 0 radical (unpaired) electrons. The summed E-state index contributed by atoms with van der Waals surface area (Å²) in [6, 6.07) is 10.3. The van der Waals surface area contributed by atoms with Crippen molar-refractivity contribution < 1.29 is 32.2 Å². The lowest BCUT2D eigenvalue weighted by atomic mass is 10.1. The van der Waals surface area contributed by atoms with Gasteiger partial charge in [-0.05, 0) is 36.8 Å². The van der Waals surface area contributed by atoms with Gasteiger partial charge in [0.2, 0.25) is 0 Å². The van der Waals surface area contributed by atoms with Gasteiger partial charge in [-0.1, -0.05) is 41.4 Å². The van der Waals surface area contributed by atoms with Crippen LogP contribution in [-0.4, -0.2) is 30.8 Å². The lowest BCUT2D eigenvalue weighted by Crippen LogP contribution is -2.30. The molecule has 1 amide bonds. The number of benzene rings is 2. The van der Waals surface area contributed by atoms with Crippen LogP contribution in [0.1, 0.15) is 22.8 Å². The zero-order chi connectivity index (χ0) is 21.6. The molecule has 29 heavy (non-hydrogen) atoms. The Kier molecular flexibility index (Phi) is 7.89. The molecule has 1 unspecified atom stereocenters. The van der Waals surface area contributed by atoms with Gasteiger partial charge in [0.1, 0.15) is 6.61 Å². The Morgan fingerprint density at radius 2 is 1.76 bits per heavy atom. The highest BCUT2D eigenvalue weighted by Crippen LogP contribution is 2.29. The molecule has 0 saturated heterocycles. The van der Waals surface area contributed by atoms with Crippen molar-refractivity contribution in [2.24, 2.45) is 0 Å². The number of carbonyl (C=O) groups is 2. The van der Waals surface area contributed by atoms with Crippen LogP contribution in [0.15, 0.2) is 42.5 Å². The monoisotopic (exact) mass is 449 g/mol. The molecule has 0 bridgehead atoms. The fraction of sp³-hybridized carbons (Fsp3) is 0.263. The predicted molar refractivity (Wildman–Crippen MR) is 102 cm³/mol. The van der Waals surface area contributed by atoms with E-state index in [9.17, 15) is 22.8 Å². The largest absolute Gasteiger partial charge is 0.449 e. The van der Waals surface area contributed by atoms with Crippen LogP contribution in [0.3, 0.4) is 0 Å². The molecule has 1 atom stereocenters. The Hall–Kier alpha value is -2.29. The van der Waals surface area contributed by atoms with E-state index in [2.05, 4.69) is 10.1 Å². The normalized spacial score (nSPS) is 12.3. The van der Waals surface area contributed by atoms with Crippen molar-refractivity contribution in [2.75, 3.05) is 11.9 Å². The quantitative estimate of drug-likeness (QED) is 0.585. The molecule has 0 heterocycles. The smallest absolute Gasteiger partial charge is 0.411 e. The molecule has 0 aromatic heterocycles. The van der Waals surface area contributed by atoms with Gasteiger partial charge in [0.25, 0.3) is 5.91 Å². The molecular formula is C19H16Cl2F3NO4. The van der Waals surface area contributed by atoms with Gasteiger partial charge < -0.3 is 14.8 Å². The van der Waals surface area contributed by atoms with Crippen LogP contribution < -0.4 is 5.32 Å². The van der Waals surface area contributed by atoms with Crippen molar-refractivity contribution in [1.82, 2.24) is 0 Å². The second-order valence-corrected chi connectivity index (χ2v) is 6.73. The number of rotatable bonds is 7. The van der Waals surface area contributed by atoms with Gasteiger partial charge in [-0.15, -0.1) is 0 Å². The number of esters is 1. The first-order chi connectivity index (χ1) is 13.6. The van der Waals surface area contributed by atoms with E-state index < -0.39 is 30.8 Å². The number of halogens is 5. The van der Waals surface area contributed by atoms with E-state index in [4.69, 9.17) is 27.9 Å². The number of amides is 1. The third kappa shape index (κ3) is 7.23. The Balaban J connectivity index is 1.90. The molecule has 0 spiro atoms. The van der Waals surface area contributed by atoms with Crippen LogP contribution in [0.4, 0.5) is 18.9 Å². The average molecular weight is 450 g/mol. The molecule has 0 fully saturated rings. The standard InChI is InChI=1S/C19H16Cl2F3NO4/c1-11(17(26)25-15-4-2-3-14(20)16(15)21)29-18(27)13-7-5-12(6-8-13)9-28-10-19(22,23)24/h2-8,11H,9-10H2,1H3,(H,25,26). The Morgan fingerprint density at radius 1 is 1.10 bits per heavy atom. The summed E-state index contributed by atoms with van der Waals surface area (Å²) in [5.41, 5.74) is 0.854. The van der Waals surface area contributed by atoms with Gasteiger partial charge in [-0.25, -0.2) is 4.79 Å². The third-order valence-electron chi connectivity index (χ3n) is 3.59. The van der Waals surface area contributed by atoms with E-state index in [-0.39, 0.29) is 27.9 Å². The number of anilines is 1.